The van der Waals surface area contributed by atoms with Crippen LogP contribution in [-0.4, -0.2) is 22.7 Å². The molecule has 0 saturated carbocycles. The highest BCUT2D eigenvalue weighted by Gasteiger charge is 2.11. The third kappa shape index (κ3) is 5.12. The van der Waals surface area contributed by atoms with Gasteiger partial charge in [0.2, 0.25) is 5.13 Å². The fourth-order valence-corrected chi connectivity index (χ4v) is 3.06. The van der Waals surface area contributed by atoms with Gasteiger partial charge in [0, 0.05) is 11.4 Å². The SMILES string of the molecule is CC(C)Cc1nnc(NC(=O)COc2ccc(Cl)cc2Cl)s1. The molecule has 0 fully saturated rings. The van der Waals surface area contributed by atoms with Gasteiger partial charge in [-0.1, -0.05) is 48.4 Å². The highest BCUT2D eigenvalue weighted by Crippen LogP contribution is 2.27. The van der Waals surface area contributed by atoms with E-state index in [1.807, 2.05) is 0 Å². The molecule has 0 bridgehead atoms. The lowest BCUT2D eigenvalue weighted by atomic mass is 10.1. The van der Waals surface area contributed by atoms with E-state index >= 15 is 0 Å². The van der Waals surface area contributed by atoms with Gasteiger partial charge >= 0.3 is 0 Å². The van der Waals surface area contributed by atoms with E-state index in [-0.39, 0.29) is 12.5 Å². The minimum Gasteiger partial charge on any atom is -0.482 e. The van der Waals surface area contributed by atoms with Crippen LogP contribution >= 0.6 is 34.5 Å². The van der Waals surface area contributed by atoms with E-state index in [0.29, 0.717) is 26.8 Å². The molecule has 22 heavy (non-hydrogen) atoms. The van der Waals surface area contributed by atoms with Gasteiger partial charge < -0.3 is 4.74 Å². The summed E-state index contributed by atoms with van der Waals surface area (Å²) in [7, 11) is 0. The number of nitrogens with one attached hydrogen (secondary N) is 1. The van der Waals surface area contributed by atoms with Gasteiger partial charge in [-0.15, -0.1) is 10.2 Å². The number of carbonyl (C=O) groups is 1. The van der Waals surface area contributed by atoms with Crippen LogP contribution in [0.2, 0.25) is 10.0 Å². The second kappa shape index (κ2) is 7.76. The Kier molecular flexibility index (Phi) is 5.99. The van der Waals surface area contributed by atoms with Crippen LogP contribution in [0.3, 0.4) is 0 Å². The fraction of sp³-hybridized carbons (Fsp3) is 0.357. The maximum Gasteiger partial charge on any atom is 0.264 e. The molecule has 2 aromatic rings. The van der Waals surface area contributed by atoms with Crippen LogP contribution < -0.4 is 10.1 Å². The van der Waals surface area contributed by atoms with Gasteiger partial charge in [0.1, 0.15) is 10.8 Å². The summed E-state index contributed by atoms with van der Waals surface area (Å²) >= 11 is 13.1. The molecule has 0 spiro atoms. The second-order valence-electron chi connectivity index (χ2n) is 5.01. The van der Waals surface area contributed by atoms with Crippen molar-refractivity contribution < 1.29 is 9.53 Å². The van der Waals surface area contributed by atoms with Crippen molar-refractivity contribution in [1.82, 2.24) is 10.2 Å². The lowest BCUT2D eigenvalue weighted by Gasteiger charge is -2.07. The molecule has 118 valence electrons. The lowest BCUT2D eigenvalue weighted by molar-refractivity contribution is -0.118. The molecule has 1 aromatic heterocycles. The number of carbonyl (C=O) groups excluding carboxylic acids is 1. The average molecular weight is 360 g/mol. The summed E-state index contributed by atoms with van der Waals surface area (Å²) in [6.07, 6.45) is 0.838. The molecular weight excluding hydrogens is 345 g/mol. The first-order valence-corrected chi connectivity index (χ1v) is 8.21. The van der Waals surface area contributed by atoms with Crippen molar-refractivity contribution in [2.45, 2.75) is 20.3 Å². The number of benzene rings is 1. The Labute approximate surface area is 142 Å². The summed E-state index contributed by atoms with van der Waals surface area (Å²) in [5.41, 5.74) is 0. The van der Waals surface area contributed by atoms with Gasteiger partial charge in [-0.25, -0.2) is 0 Å². The Hall–Kier alpha value is -1.37. The Morgan fingerprint density at radius 1 is 1.36 bits per heavy atom. The number of amides is 1. The smallest absolute Gasteiger partial charge is 0.264 e. The number of rotatable bonds is 6. The first kappa shape index (κ1) is 17.0. The van der Waals surface area contributed by atoms with E-state index < -0.39 is 0 Å². The number of anilines is 1. The molecule has 1 N–H and O–H groups in total. The van der Waals surface area contributed by atoms with Crippen molar-refractivity contribution >= 4 is 45.6 Å². The minimum absolute atomic E-state index is 0.166. The molecule has 5 nitrogen and oxygen atoms in total. The van der Waals surface area contributed by atoms with Crippen LogP contribution in [0.15, 0.2) is 18.2 Å². The van der Waals surface area contributed by atoms with Gasteiger partial charge in [0.15, 0.2) is 6.61 Å². The Bertz CT molecular complexity index is 661. The van der Waals surface area contributed by atoms with Gasteiger partial charge in [-0.3, -0.25) is 10.1 Å². The van der Waals surface area contributed by atoms with Crippen LogP contribution in [0, 0.1) is 5.92 Å². The number of aromatic nitrogens is 2. The van der Waals surface area contributed by atoms with E-state index in [1.165, 1.54) is 11.3 Å². The van der Waals surface area contributed by atoms with Gasteiger partial charge in [-0.05, 0) is 24.1 Å². The third-order valence-electron chi connectivity index (χ3n) is 2.55. The summed E-state index contributed by atoms with van der Waals surface area (Å²) in [5.74, 6) is 0.573. The Morgan fingerprint density at radius 2 is 2.14 bits per heavy atom. The Morgan fingerprint density at radius 3 is 2.82 bits per heavy atom. The first-order chi connectivity index (χ1) is 10.4. The highest BCUT2D eigenvalue weighted by atomic mass is 35.5. The summed E-state index contributed by atoms with van der Waals surface area (Å²) in [6.45, 7) is 4.03. The standard InChI is InChI=1S/C14H15Cl2N3O2S/c1-8(2)5-13-18-19-14(22-13)17-12(20)7-21-11-4-3-9(15)6-10(11)16/h3-4,6,8H,5,7H2,1-2H3,(H,17,19,20). The van der Waals surface area contributed by atoms with E-state index in [0.717, 1.165) is 11.4 Å². The zero-order valence-corrected chi connectivity index (χ0v) is 14.4. The lowest BCUT2D eigenvalue weighted by Crippen LogP contribution is -2.20. The molecule has 1 aromatic carbocycles. The van der Waals surface area contributed by atoms with Crippen LogP contribution in [0.1, 0.15) is 18.9 Å². The zero-order valence-electron chi connectivity index (χ0n) is 12.1. The monoisotopic (exact) mass is 359 g/mol. The van der Waals surface area contributed by atoms with Gasteiger partial charge in [-0.2, -0.15) is 0 Å². The molecule has 0 aliphatic carbocycles. The molecule has 2 rings (SSSR count). The fourth-order valence-electron chi connectivity index (χ4n) is 1.63. The molecule has 0 saturated heterocycles. The highest BCUT2D eigenvalue weighted by molar-refractivity contribution is 7.15. The third-order valence-corrected chi connectivity index (χ3v) is 3.94. The zero-order chi connectivity index (χ0) is 16.1. The largest absolute Gasteiger partial charge is 0.482 e. The van der Waals surface area contributed by atoms with E-state index in [4.69, 9.17) is 27.9 Å². The predicted octanol–water partition coefficient (Wildman–Crippen LogP) is 4.06. The summed E-state index contributed by atoms with van der Waals surface area (Å²) in [4.78, 5) is 11.8. The molecular formula is C14H15Cl2N3O2S. The van der Waals surface area contributed by atoms with Crippen molar-refractivity contribution in [3.8, 4) is 5.75 Å². The molecule has 0 aliphatic heterocycles. The number of nitrogens with zero attached hydrogens (tertiary/aromatic N) is 2. The second-order valence-corrected chi connectivity index (χ2v) is 6.92. The summed E-state index contributed by atoms with van der Waals surface area (Å²) < 4.78 is 5.35. The van der Waals surface area contributed by atoms with Crippen LogP contribution in [0.4, 0.5) is 5.13 Å². The van der Waals surface area contributed by atoms with Gasteiger partial charge in [0.05, 0.1) is 5.02 Å². The van der Waals surface area contributed by atoms with E-state index in [1.54, 1.807) is 18.2 Å². The Balaban J connectivity index is 1.86. The molecule has 8 heteroatoms. The molecule has 0 radical (unpaired) electrons. The quantitative estimate of drug-likeness (QED) is 0.844. The minimum atomic E-state index is -0.321. The van der Waals surface area contributed by atoms with E-state index in [2.05, 4.69) is 29.4 Å². The molecule has 1 amide bonds. The summed E-state index contributed by atoms with van der Waals surface area (Å²) in [6, 6.07) is 4.81. The van der Waals surface area contributed by atoms with Crippen molar-refractivity contribution in [2.24, 2.45) is 5.92 Å². The normalized spacial score (nSPS) is 10.8. The van der Waals surface area contributed by atoms with Crippen molar-refractivity contribution in [3.63, 3.8) is 0 Å². The molecule has 0 aliphatic rings. The molecule has 0 atom stereocenters. The predicted molar refractivity (Wildman–Crippen MR) is 89.0 cm³/mol. The van der Waals surface area contributed by atoms with Crippen molar-refractivity contribution in [1.29, 1.82) is 0 Å². The average Bonchev–Trinajstić information content (AvgIpc) is 2.84. The number of ether oxygens (including phenoxy) is 1. The number of halogens is 2. The van der Waals surface area contributed by atoms with Crippen LogP contribution in [0.5, 0.6) is 5.75 Å². The summed E-state index contributed by atoms with van der Waals surface area (Å²) in [5, 5.41) is 12.8. The maximum absolute atomic E-state index is 11.8. The van der Waals surface area contributed by atoms with Crippen LogP contribution in [-0.2, 0) is 11.2 Å². The van der Waals surface area contributed by atoms with Crippen molar-refractivity contribution in [2.75, 3.05) is 11.9 Å². The number of hydrogen-bond acceptors (Lipinski definition) is 5. The van der Waals surface area contributed by atoms with Crippen LogP contribution in [0.25, 0.3) is 0 Å². The molecule has 0 unspecified atom stereocenters. The first-order valence-electron chi connectivity index (χ1n) is 6.64. The topological polar surface area (TPSA) is 64.1 Å². The molecule has 1 heterocycles. The van der Waals surface area contributed by atoms with E-state index in [9.17, 15) is 4.79 Å². The number of hydrogen-bond donors (Lipinski definition) is 1. The van der Waals surface area contributed by atoms with Crippen molar-refractivity contribution in [3.05, 3.63) is 33.3 Å². The van der Waals surface area contributed by atoms with Gasteiger partial charge in [0.25, 0.3) is 5.91 Å². The maximum atomic E-state index is 11.8.